The smallest absolute Gasteiger partial charge is 0.314 e. The topological polar surface area (TPSA) is 82.7 Å². The summed E-state index contributed by atoms with van der Waals surface area (Å²) in [6.45, 7) is 1.53. The molecule has 1 saturated heterocycles. The number of H-pyrrole nitrogens is 2. The maximum atomic E-state index is 11.2. The Balaban J connectivity index is 1.92. The zero-order valence-corrected chi connectivity index (χ0v) is 8.58. The van der Waals surface area contributed by atoms with Crippen LogP contribution in [0.25, 0.3) is 0 Å². The van der Waals surface area contributed by atoms with Crippen LogP contribution in [0, 0.1) is 0 Å². The van der Waals surface area contributed by atoms with E-state index in [4.69, 9.17) is 0 Å². The van der Waals surface area contributed by atoms with Crippen LogP contribution in [0.4, 0.5) is 0 Å². The van der Waals surface area contributed by atoms with E-state index in [1.165, 1.54) is 17.4 Å². The minimum Gasteiger partial charge on any atom is -0.314 e. The molecule has 84 valence electrons. The van der Waals surface area contributed by atoms with Crippen LogP contribution in [0.15, 0.2) is 9.59 Å². The van der Waals surface area contributed by atoms with E-state index in [9.17, 15) is 9.59 Å². The third-order valence-corrected chi connectivity index (χ3v) is 2.88. The highest BCUT2D eigenvalue weighted by Crippen LogP contribution is 2.09. The van der Waals surface area contributed by atoms with Gasteiger partial charge >= 0.3 is 11.4 Å². The molecule has 3 N–H and O–H groups in total. The number of aromatic nitrogens is 3. The predicted molar refractivity (Wildman–Crippen MR) is 55.9 cm³/mol. The second-order valence-corrected chi connectivity index (χ2v) is 3.95. The van der Waals surface area contributed by atoms with E-state index in [0.29, 0.717) is 12.6 Å². The molecule has 1 aromatic heterocycles. The van der Waals surface area contributed by atoms with E-state index in [0.717, 1.165) is 19.4 Å². The number of hydrogen-bond donors (Lipinski definition) is 3. The van der Waals surface area contributed by atoms with Crippen molar-refractivity contribution in [2.75, 3.05) is 6.54 Å². The van der Waals surface area contributed by atoms with Crippen molar-refractivity contribution in [1.29, 1.82) is 0 Å². The average Bonchev–Trinajstić information content (AvgIpc) is 2.58. The van der Waals surface area contributed by atoms with Crippen molar-refractivity contribution >= 4 is 0 Å². The fraction of sp³-hybridized carbons (Fsp3) is 0.778. The van der Waals surface area contributed by atoms with E-state index in [-0.39, 0.29) is 11.4 Å². The molecule has 0 saturated carbocycles. The number of aromatic amines is 2. The molecule has 0 amide bonds. The van der Waals surface area contributed by atoms with E-state index in [2.05, 4.69) is 15.5 Å². The van der Waals surface area contributed by atoms with Crippen molar-refractivity contribution in [3.05, 3.63) is 21.0 Å². The van der Waals surface area contributed by atoms with Gasteiger partial charge in [-0.2, -0.15) is 0 Å². The zero-order valence-electron chi connectivity index (χ0n) is 8.58. The van der Waals surface area contributed by atoms with E-state index in [1.807, 2.05) is 0 Å². The van der Waals surface area contributed by atoms with Crippen molar-refractivity contribution in [3.63, 3.8) is 0 Å². The van der Waals surface area contributed by atoms with Gasteiger partial charge in [0.05, 0.1) is 0 Å². The minimum atomic E-state index is -0.351. The summed E-state index contributed by atoms with van der Waals surface area (Å²) in [6.07, 6.45) is 4.43. The molecule has 0 aliphatic carbocycles. The first kappa shape index (κ1) is 10.2. The first-order valence-electron chi connectivity index (χ1n) is 5.38. The fourth-order valence-electron chi connectivity index (χ4n) is 1.99. The second kappa shape index (κ2) is 4.48. The SMILES string of the molecule is O=c1[nH][nH]c(=O)n1CCC1CCCCN1. The monoisotopic (exact) mass is 212 g/mol. The van der Waals surface area contributed by atoms with Gasteiger partial charge in [-0.1, -0.05) is 6.42 Å². The van der Waals surface area contributed by atoms with Crippen LogP contribution in [0.1, 0.15) is 25.7 Å². The van der Waals surface area contributed by atoms with E-state index >= 15 is 0 Å². The van der Waals surface area contributed by atoms with Gasteiger partial charge in [-0.15, -0.1) is 0 Å². The first-order valence-corrected chi connectivity index (χ1v) is 5.38. The number of nitrogens with zero attached hydrogens (tertiary/aromatic N) is 1. The summed E-state index contributed by atoms with van der Waals surface area (Å²) in [6, 6.07) is 0.444. The van der Waals surface area contributed by atoms with Gasteiger partial charge < -0.3 is 5.32 Å². The molecule has 2 heterocycles. The Morgan fingerprint density at radius 2 is 1.93 bits per heavy atom. The normalized spacial score (nSPS) is 21.7. The third-order valence-electron chi connectivity index (χ3n) is 2.88. The largest absolute Gasteiger partial charge is 0.344 e. The van der Waals surface area contributed by atoms with Crippen LogP contribution in [-0.4, -0.2) is 27.4 Å². The molecular formula is C9H16N4O2. The summed E-state index contributed by atoms with van der Waals surface area (Å²) in [5.74, 6) is 0. The summed E-state index contributed by atoms with van der Waals surface area (Å²) < 4.78 is 1.20. The molecule has 1 aliphatic rings. The molecule has 0 aromatic carbocycles. The molecule has 2 rings (SSSR count). The van der Waals surface area contributed by atoms with Crippen LogP contribution in [0.2, 0.25) is 0 Å². The lowest BCUT2D eigenvalue weighted by atomic mass is 10.0. The van der Waals surface area contributed by atoms with Gasteiger partial charge in [0.15, 0.2) is 0 Å². The molecule has 15 heavy (non-hydrogen) atoms. The second-order valence-electron chi connectivity index (χ2n) is 3.95. The highest BCUT2D eigenvalue weighted by Gasteiger charge is 2.13. The molecule has 1 aliphatic heterocycles. The molecule has 1 unspecified atom stereocenters. The number of hydrogen-bond acceptors (Lipinski definition) is 3. The van der Waals surface area contributed by atoms with Crippen LogP contribution >= 0.6 is 0 Å². The van der Waals surface area contributed by atoms with Gasteiger partial charge in [0, 0.05) is 12.6 Å². The number of nitrogens with one attached hydrogen (secondary N) is 3. The van der Waals surface area contributed by atoms with Crippen LogP contribution in [0.3, 0.4) is 0 Å². The van der Waals surface area contributed by atoms with Crippen LogP contribution in [0.5, 0.6) is 0 Å². The Labute approximate surface area is 86.7 Å². The lowest BCUT2D eigenvalue weighted by Crippen LogP contribution is -2.37. The molecular weight excluding hydrogens is 196 g/mol. The minimum absolute atomic E-state index is 0.351. The molecule has 0 radical (unpaired) electrons. The molecule has 6 heteroatoms. The molecule has 6 nitrogen and oxygen atoms in total. The highest BCUT2D eigenvalue weighted by molar-refractivity contribution is 4.74. The highest BCUT2D eigenvalue weighted by atomic mass is 16.2. The van der Waals surface area contributed by atoms with Crippen molar-refractivity contribution in [1.82, 2.24) is 20.1 Å². The number of rotatable bonds is 3. The Kier molecular flexibility index (Phi) is 3.05. The molecule has 0 spiro atoms. The van der Waals surface area contributed by atoms with Crippen molar-refractivity contribution in [2.24, 2.45) is 0 Å². The molecule has 1 atom stereocenters. The van der Waals surface area contributed by atoms with Gasteiger partial charge in [-0.25, -0.2) is 24.4 Å². The fourth-order valence-corrected chi connectivity index (χ4v) is 1.99. The quantitative estimate of drug-likeness (QED) is 0.625. The first-order chi connectivity index (χ1) is 7.27. The van der Waals surface area contributed by atoms with Crippen molar-refractivity contribution < 1.29 is 0 Å². The number of piperidine rings is 1. The lowest BCUT2D eigenvalue weighted by Gasteiger charge is -2.22. The Bertz CT molecular complexity index is 383. The maximum absolute atomic E-state index is 11.2. The van der Waals surface area contributed by atoms with Gasteiger partial charge in [-0.3, -0.25) is 0 Å². The summed E-state index contributed by atoms with van der Waals surface area (Å²) in [4.78, 5) is 22.3. The zero-order chi connectivity index (χ0) is 10.7. The van der Waals surface area contributed by atoms with Gasteiger partial charge in [-0.05, 0) is 25.8 Å². The standard InChI is InChI=1S/C9H16N4O2/c14-8-11-12-9(15)13(8)6-4-7-3-1-2-5-10-7/h7,10H,1-6H2,(H,11,14)(H,12,15). The maximum Gasteiger partial charge on any atom is 0.344 e. The summed E-state index contributed by atoms with van der Waals surface area (Å²) in [5, 5.41) is 7.93. The van der Waals surface area contributed by atoms with E-state index in [1.54, 1.807) is 0 Å². The summed E-state index contributed by atoms with van der Waals surface area (Å²) in [7, 11) is 0. The average molecular weight is 212 g/mol. The van der Waals surface area contributed by atoms with Crippen LogP contribution in [-0.2, 0) is 6.54 Å². The van der Waals surface area contributed by atoms with Crippen molar-refractivity contribution in [3.8, 4) is 0 Å². The Morgan fingerprint density at radius 3 is 2.53 bits per heavy atom. The Hall–Kier alpha value is -1.30. The van der Waals surface area contributed by atoms with Gasteiger partial charge in [0.1, 0.15) is 0 Å². The summed E-state index contributed by atoms with van der Waals surface area (Å²) >= 11 is 0. The predicted octanol–water partition coefficient (Wildman–Crippen LogP) is -0.603. The summed E-state index contributed by atoms with van der Waals surface area (Å²) in [5.41, 5.74) is -0.702. The van der Waals surface area contributed by atoms with Gasteiger partial charge in [0.25, 0.3) is 0 Å². The molecule has 1 aromatic rings. The Morgan fingerprint density at radius 1 is 1.20 bits per heavy atom. The molecule has 0 bridgehead atoms. The lowest BCUT2D eigenvalue weighted by molar-refractivity contribution is 0.363. The van der Waals surface area contributed by atoms with Crippen molar-refractivity contribution in [2.45, 2.75) is 38.3 Å². The van der Waals surface area contributed by atoms with Gasteiger partial charge in [0.2, 0.25) is 0 Å². The van der Waals surface area contributed by atoms with Crippen LogP contribution < -0.4 is 16.7 Å². The third kappa shape index (κ3) is 2.38. The molecule has 1 fully saturated rings. The van der Waals surface area contributed by atoms with E-state index < -0.39 is 0 Å².